The van der Waals surface area contributed by atoms with Gasteiger partial charge >= 0.3 is 0 Å². The molecule has 0 bridgehead atoms. The monoisotopic (exact) mass is 438 g/mol. The molecule has 1 saturated heterocycles. The number of carbonyl (C=O) groups is 1. The molecule has 1 aliphatic heterocycles. The van der Waals surface area contributed by atoms with E-state index in [9.17, 15) is 4.79 Å². The zero-order chi connectivity index (χ0) is 22.3. The van der Waals surface area contributed by atoms with Gasteiger partial charge in [-0.2, -0.15) is 0 Å². The third-order valence-electron chi connectivity index (χ3n) is 5.31. The lowest BCUT2D eigenvalue weighted by Crippen LogP contribution is -2.28. The molecule has 1 heterocycles. The van der Waals surface area contributed by atoms with E-state index in [1.807, 2.05) is 72.8 Å². The number of nitrogens with zero attached hydrogens (tertiary/aromatic N) is 2. The van der Waals surface area contributed by atoms with Crippen LogP contribution in [0.15, 0.2) is 101 Å². The first-order chi connectivity index (χ1) is 15.7. The maximum Gasteiger partial charge on any atom is 0.271 e. The lowest BCUT2D eigenvalue weighted by molar-refractivity contribution is -0.113. The number of carbonyl (C=O) groups excluding carboxylic acids is 1. The molecule has 0 unspecified atom stereocenters. The van der Waals surface area contributed by atoms with Crippen molar-refractivity contribution < 1.29 is 4.79 Å². The van der Waals surface area contributed by atoms with E-state index in [0.717, 1.165) is 29.8 Å². The Morgan fingerprint density at radius 1 is 0.844 bits per heavy atom. The fourth-order valence-corrected chi connectivity index (χ4v) is 4.35. The van der Waals surface area contributed by atoms with Crippen LogP contribution in [0.2, 0.25) is 0 Å². The number of amidine groups is 1. The van der Waals surface area contributed by atoms with Gasteiger partial charge in [0.2, 0.25) is 0 Å². The molecule has 1 aliphatic rings. The van der Waals surface area contributed by atoms with Crippen LogP contribution in [0.3, 0.4) is 0 Å². The standard InChI is InChI=1S/C28H26N2OS/c1-3-21-13-17-24(18-14-21)29-28-30(25-19-15-22(4-2)16-20-25)27(31)26(32-28)12-8-11-23-9-6-5-7-10-23/h5-20H,3-4H2,1-2H3/b11-8+,26-12-,29-28?. The lowest BCUT2D eigenvalue weighted by Gasteiger charge is -2.16. The number of aliphatic imine (C=N–C) groups is 1. The molecule has 0 atom stereocenters. The Bertz CT molecular complexity index is 1160. The summed E-state index contributed by atoms with van der Waals surface area (Å²) in [7, 11) is 0. The summed E-state index contributed by atoms with van der Waals surface area (Å²) in [6, 6.07) is 26.4. The summed E-state index contributed by atoms with van der Waals surface area (Å²) in [5.41, 5.74) is 5.27. The Morgan fingerprint density at radius 2 is 1.47 bits per heavy atom. The highest BCUT2D eigenvalue weighted by Gasteiger charge is 2.34. The van der Waals surface area contributed by atoms with E-state index in [0.29, 0.717) is 10.1 Å². The third-order valence-corrected chi connectivity index (χ3v) is 6.30. The van der Waals surface area contributed by atoms with Gasteiger partial charge in [-0.25, -0.2) is 4.99 Å². The number of anilines is 1. The van der Waals surface area contributed by atoms with Crippen molar-refractivity contribution in [1.82, 2.24) is 0 Å². The van der Waals surface area contributed by atoms with E-state index in [1.54, 1.807) is 4.90 Å². The van der Waals surface area contributed by atoms with Crippen molar-refractivity contribution in [2.45, 2.75) is 26.7 Å². The fourth-order valence-electron chi connectivity index (χ4n) is 3.40. The van der Waals surface area contributed by atoms with E-state index in [1.165, 1.54) is 22.9 Å². The molecule has 3 aromatic carbocycles. The molecule has 0 radical (unpaired) electrons. The van der Waals surface area contributed by atoms with Gasteiger partial charge in [0.15, 0.2) is 5.17 Å². The minimum Gasteiger partial charge on any atom is -0.268 e. The zero-order valence-electron chi connectivity index (χ0n) is 18.4. The SMILES string of the molecule is CCc1ccc(N=C2S/C(=C\C=C\c3ccccc3)C(=O)N2c2ccc(CC)cc2)cc1. The average molecular weight is 439 g/mol. The summed E-state index contributed by atoms with van der Waals surface area (Å²) < 4.78 is 0. The van der Waals surface area contributed by atoms with Crippen molar-refractivity contribution in [1.29, 1.82) is 0 Å². The number of rotatable bonds is 6. The molecule has 160 valence electrons. The van der Waals surface area contributed by atoms with Crippen molar-refractivity contribution >= 4 is 40.3 Å². The first-order valence-electron chi connectivity index (χ1n) is 10.9. The summed E-state index contributed by atoms with van der Waals surface area (Å²) in [5.74, 6) is -0.0547. The van der Waals surface area contributed by atoms with Crippen LogP contribution in [-0.4, -0.2) is 11.1 Å². The van der Waals surface area contributed by atoms with Crippen LogP contribution in [0.1, 0.15) is 30.5 Å². The predicted octanol–water partition coefficient (Wildman–Crippen LogP) is 7.18. The normalized spacial score (nSPS) is 16.6. The second-order valence-electron chi connectivity index (χ2n) is 7.48. The molecule has 0 spiro atoms. The maximum atomic E-state index is 13.3. The Hall–Kier alpha value is -3.37. The molecule has 0 aliphatic carbocycles. The van der Waals surface area contributed by atoms with E-state index in [2.05, 4.69) is 38.1 Å². The van der Waals surface area contributed by atoms with Crippen LogP contribution in [0.5, 0.6) is 0 Å². The van der Waals surface area contributed by atoms with Gasteiger partial charge in [0.05, 0.1) is 16.3 Å². The minimum absolute atomic E-state index is 0.0547. The molecule has 32 heavy (non-hydrogen) atoms. The third kappa shape index (κ3) is 5.09. The highest BCUT2D eigenvalue weighted by molar-refractivity contribution is 8.19. The molecule has 4 heteroatoms. The van der Waals surface area contributed by atoms with Gasteiger partial charge in [-0.05, 0) is 71.6 Å². The van der Waals surface area contributed by atoms with Crippen LogP contribution in [0, 0.1) is 0 Å². The Morgan fingerprint density at radius 3 is 2.09 bits per heavy atom. The smallest absolute Gasteiger partial charge is 0.268 e. The van der Waals surface area contributed by atoms with E-state index >= 15 is 0 Å². The van der Waals surface area contributed by atoms with Crippen LogP contribution < -0.4 is 4.90 Å². The number of aryl methyl sites for hydroxylation is 2. The van der Waals surface area contributed by atoms with Gasteiger partial charge in [-0.15, -0.1) is 0 Å². The number of hydrogen-bond acceptors (Lipinski definition) is 3. The second kappa shape index (κ2) is 10.3. The summed E-state index contributed by atoms with van der Waals surface area (Å²) >= 11 is 1.41. The predicted molar refractivity (Wildman–Crippen MR) is 137 cm³/mol. The Labute approximate surface area is 194 Å². The second-order valence-corrected chi connectivity index (χ2v) is 8.49. The topological polar surface area (TPSA) is 32.7 Å². The van der Waals surface area contributed by atoms with Gasteiger partial charge < -0.3 is 0 Å². The van der Waals surface area contributed by atoms with Gasteiger partial charge in [0.25, 0.3) is 5.91 Å². The summed E-state index contributed by atoms with van der Waals surface area (Å²) in [6.07, 6.45) is 7.74. The first kappa shape index (κ1) is 21.8. The van der Waals surface area contributed by atoms with Crippen molar-refractivity contribution in [3.8, 4) is 0 Å². The molecule has 3 aromatic rings. The van der Waals surface area contributed by atoms with Gasteiger partial charge in [0.1, 0.15) is 0 Å². The molecule has 1 amide bonds. The van der Waals surface area contributed by atoms with E-state index in [-0.39, 0.29) is 5.91 Å². The largest absolute Gasteiger partial charge is 0.271 e. The highest BCUT2D eigenvalue weighted by Crippen LogP contribution is 2.36. The van der Waals surface area contributed by atoms with Gasteiger partial charge in [-0.3, -0.25) is 9.69 Å². The van der Waals surface area contributed by atoms with Crippen LogP contribution in [0.25, 0.3) is 6.08 Å². The molecule has 1 fully saturated rings. The van der Waals surface area contributed by atoms with Crippen molar-refractivity contribution in [2.24, 2.45) is 4.99 Å². The van der Waals surface area contributed by atoms with E-state index < -0.39 is 0 Å². The van der Waals surface area contributed by atoms with Crippen molar-refractivity contribution in [3.63, 3.8) is 0 Å². The van der Waals surface area contributed by atoms with Crippen molar-refractivity contribution in [2.75, 3.05) is 4.90 Å². The first-order valence-corrected chi connectivity index (χ1v) is 11.7. The number of benzene rings is 3. The molecule has 0 saturated carbocycles. The van der Waals surface area contributed by atoms with Crippen LogP contribution in [0.4, 0.5) is 11.4 Å². The maximum absolute atomic E-state index is 13.3. The Balaban J connectivity index is 1.67. The minimum atomic E-state index is -0.0547. The van der Waals surface area contributed by atoms with Gasteiger partial charge in [0, 0.05) is 0 Å². The fraction of sp³-hybridized carbons (Fsp3) is 0.143. The zero-order valence-corrected chi connectivity index (χ0v) is 19.2. The van der Waals surface area contributed by atoms with E-state index in [4.69, 9.17) is 4.99 Å². The molecule has 4 rings (SSSR count). The van der Waals surface area contributed by atoms with Crippen molar-refractivity contribution in [3.05, 3.63) is 113 Å². The Kier molecular flexibility index (Phi) is 7.03. The quantitative estimate of drug-likeness (QED) is 0.382. The lowest BCUT2D eigenvalue weighted by atomic mass is 10.1. The molecule has 0 N–H and O–H groups in total. The molecular formula is C28H26N2OS. The molecule has 0 aromatic heterocycles. The number of thioether (sulfide) groups is 1. The summed E-state index contributed by atoms with van der Waals surface area (Å²) in [5, 5.41) is 0.669. The number of amides is 1. The molecule has 3 nitrogen and oxygen atoms in total. The van der Waals surface area contributed by atoms with Crippen LogP contribution >= 0.6 is 11.8 Å². The van der Waals surface area contributed by atoms with Gasteiger partial charge in [-0.1, -0.05) is 80.6 Å². The summed E-state index contributed by atoms with van der Waals surface area (Å²) in [6.45, 7) is 4.26. The summed E-state index contributed by atoms with van der Waals surface area (Å²) in [4.78, 5) is 20.5. The highest BCUT2D eigenvalue weighted by atomic mass is 32.2. The molecular weight excluding hydrogens is 412 g/mol. The average Bonchev–Trinajstić information content (AvgIpc) is 3.15. The number of hydrogen-bond donors (Lipinski definition) is 0. The number of allylic oxidation sites excluding steroid dienone is 2. The van der Waals surface area contributed by atoms with Crippen LogP contribution in [-0.2, 0) is 17.6 Å².